The van der Waals surface area contributed by atoms with Crippen LogP contribution in [-0.4, -0.2) is 23.1 Å². The van der Waals surface area contributed by atoms with Gasteiger partial charge >= 0.3 is 0 Å². The van der Waals surface area contributed by atoms with E-state index in [1.807, 2.05) is 42.2 Å². The van der Waals surface area contributed by atoms with Gasteiger partial charge in [-0.1, -0.05) is 48.7 Å². The molecule has 1 saturated heterocycles. The number of thiocarbonyl (C=S) groups is 1. The van der Waals surface area contributed by atoms with E-state index >= 15 is 0 Å². The normalized spacial score (nSPS) is 17.7. The second-order valence-electron chi connectivity index (χ2n) is 8.81. The molecule has 31 heavy (non-hydrogen) atoms. The Morgan fingerprint density at radius 2 is 1.94 bits per heavy atom. The van der Waals surface area contributed by atoms with E-state index in [1.165, 1.54) is 18.4 Å². The topological polar surface area (TPSA) is 44.4 Å². The van der Waals surface area contributed by atoms with Crippen LogP contribution < -0.4 is 15.5 Å². The summed E-state index contributed by atoms with van der Waals surface area (Å²) in [6, 6.07) is 14.2. The van der Waals surface area contributed by atoms with Crippen LogP contribution in [0.2, 0.25) is 5.02 Å². The van der Waals surface area contributed by atoms with Crippen molar-refractivity contribution in [1.29, 1.82) is 0 Å². The van der Waals surface area contributed by atoms with Gasteiger partial charge in [0.15, 0.2) is 5.11 Å². The lowest BCUT2D eigenvalue weighted by Crippen LogP contribution is -2.48. The number of halogens is 1. The molecule has 0 radical (unpaired) electrons. The monoisotopic (exact) mass is 455 g/mol. The minimum absolute atomic E-state index is 0.00169. The van der Waals surface area contributed by atoms with Crippen molar-refractivity contribution < 1.29 is 4.79 Å². The number of benzene rings is 2. The smallest absolute Gasteiger partial charge is 0.227 e. The summed E-state index contributed by atoms with van der Waals surface area (Å²) in [7, 11) is 0. The third-order valence-electron chi connectivity index (χ3n) is 6.60. The third-order valence-corrected chi connectivity index (χ3v) is 7.17. The van der Waals surface area contributed by atoms with Crippen molar-refractivity contribution in [2.75, 3.05) is 16.8 Å². The van der Waals surface area contributed by atoms with Crippen LogP contribution in [0.3, 0.4) is 0 Å². The SMILES string of the molecule is Cc1ccc(NC(=S)NC2(CCc3ccccc3Cl)CCCC2)cc1N1CCCC1=O. The molecule has 1 amide bonds. The Hall–Kier alpha value is -2.11. The highest BCUT2D eigenvalue weighted by Crippen LogP contribution is 2.35. The van der Waals surface area contributed by atoms with Gasteiger partial charge in [-0.25, -0.2) is 0 Å². The van der Waals surface area contributed by atoms with Crippen LogP contribution in [0.25, 0.3) is 0 Å². The molecule has 1 saturated carbocycles. The van der Waals surface area contributed by atoms with Crippen LogP contribution in [0.15, 0.2) is 42.5 Å². The Kier molecular flexibility index (Phi) is 6.83. The summed E-state index contributed by atoms with van der Waals surface area (Å²) in [5.74, 6) is 0.199. The van der Waals surface area contributed by atoms with Crippen LogP contribution in [0.1, 0.15) is 56.1 Å². The summed E-state index contributed by atoms with van der Waals surface area (Å²) in [6.45, 7) is 2.83. The molecule has 2 aliphatic rings. The average Bonchev–Trinajstić information content (AvgIpc) is 3.38. The molecule has 2 aromatic carbocycles. The van der Waals surface area contributed by atoms with Crippen molar-refractivity contribution in [3.63, 3.8) is 0 Å². The lowest BCUT2D eigenvalue weighted by atomic mass is 9.89. The van der Waals surface area contributed by atoms with Gasteiger partial charge in [0.1, 0.15) is 0 Å². The number of nitrogens with one attached hydrogen (secondary N) is 2. The first-order chi connectivity index (χ1) is 15.0. The predicted octanol–water partition coefficient (Wildman–Crippen LogP) is 6.01. The van der Waals surface area contributed by atoms with Gasteiger partial charge in [0.25, 0.3) is 0 Å². The average molecular weight is 456 g/mol. The van der Waals surface area contributed by atoms with Gasteiger partial charge in [-0.05, 0) is 80.6 Å². The van der Waals surface area contributed by atoms with Crippen LogP contribution in [0.4, 0.5) is 11.4 Å². The van der Waals surface area contributed by atoms with E-state index in [-0.39, 0.29) is 11.4 Å². The van der Waals surface area contributed by atoms with Gasteiger partial charge in [-0.3, -0.25) is 4.79 Å². The van der Waals surface area contributed by atoms with E-state index in [9.17, 15) is 4.79 Å². The zero-order chi connectivity index (χ0) is 21.8. The van der Waals surface area contributed by atoms with Crippen LogP contribution >= 0.6 is 23.8 Å². The first-order valence-electron chi connectivity index (χ1n) is 11.2. The molecule has 6 heteroatoms. The lowest BCUT2D eigenvalue weighted by Gasteiger charge is -2.32. The van der Waals surface area contributed by atoms with Gasteiger partial charge in [0, 0.05) is 34.9 Å². The number of nitrogens with zero attached hydrogens (tertiary/aromatic N) is 1. The summed E-state index contributed by atoms with van der Waals surface area (Å²) in [5.41, 5.74) is 4.18. The molecule has 1 aliphatic heterocycles. The molecule has 0 spiro atoms. The molecule has 4 nitrogen and oxygen atoms in total. The van der Waals surface area contributed by atoms with Gasteiger partial charge in [0.2, 0.25) is 5.91 Å². The van der Waals surface area contributed by atoms with Crippen molar-refractivity contribution >= 4 is 46.2 Å². The highest BCUT2D eigenvalue weighted by Gasteiger charge is 2.34. The van der Waals surface area contributed by atoms with E-state index < -0.39 is 0 Å². The largest absolute Gasteiger partial charge is 0.357 e. The molecule has 164 valence electrons. The number of amides is 1. The highest BCUT2D eigenvalue weighted by atomic mass is 35.5. The summed E-state index contributed by atoms with van der Waals surface area (Å²) in [4.78, 5) is 14.1. The molecule has 0 aromatic heterocycles. The fourth-order valence-corrected chi connectivity index (χ4v) is 5.41. The Bertz CT molecular complexity index is 971. The standard InChI is InChI=1S/C25H30ClN3OS/c1-18-10-11-20(17-22(18)29-16-6-9-23(29)30)27-24(31)28-25(13-4-5-14-25)15-12-19-7-2-3-8-21(19)26/h2-3,7-8,10-11,17H,4-6,9,12-16H2,1H3,(H2,27,28,31). The van der Waals surface area contributed by atoms with E-state index in [0.29, 0.717) is 11.5 Å². The Morgan fingerprint density at radius 3 is 2.65 bits per heavy atom. The van der Waals surface area contributed by atoms with Gasteiger partial charge in [-0.15, -0.1) is 0 Å². The quantitative estimate of drug-likeness (QED) is 0.523. The number of aryl methyl sites for hydroxylation is 2. The Labute approximate surface area is 195 Å². The molecular weight excluding hydrogens is 426 g/mol. The number of anilines is 2. The van der Waals surface area contributed by atoms with E-state index in [1.54, 1.807) is 0 Å². The van der Waals surface area contributed by atoms with Crippen molar-refractivity contribution in [2.24, 2.45) is 0 Å². The molecule has 4 rings (SSSR count). The molecule has 2 fully saturated rings. The van der Waals surface area contributed by atoms with Gasteiger partial charge in [-0.2, -0.15) is 0 Å². The number of carbonyl (C=O) groups is 1. The molecular formula is C25H30ClN3OS. The summed E-state index contributed by atoms with van der Waals surface area (Å²) >= 11 is 12.1. The first-order valence-corrected chi connectivity index (χ1v) is 12.0. The molecule has 0 bridgehead atoms. The minimum Gasteiger partial charge on any atom is -0.357 e. The van der Waals surface area contributed by atoms with E-state index in [2.05, 4.69) is 22.8 Å². The van der Waals surface area contributed by atoms with Crippen LogP contribution in [-0.2, 0) is 11.2 Å². The fourth-order valence-electron chi connectivity index (χ4n) is 4.85. The second-order valence-corrected chi connectivity index (χ2v) is 9.62. The van der Waals surface area contributed by atoms with Crippen molar-refractivity contribution in [3.8, 4) is 0 Å². The Morgan fingerprint density at radius 1 is 1.16 bits per heavy atom. The zero-order valence-electron chi connectivity index (χ0n) is 18.0. The number of hydrogen-bond donors (Lipinski definition) is 2. The summed E-state index contributed by atoms with van der Waals surface area (Å²) in [5, 5.41) is 8.48. The summed E-state index contributed by atoms with van der Waals surface area (Å²) < 4.78 is 0. The highest BCUT2D eigenvalue weighted by molar-refractivity contribution is 7.80. The van der Waals surface area contributed by atoms with E-state index in [4.69, 9.17) is 23.8 Å². The maximum absolute atomic E-state index is 12.2. The molecule has 0 atom stereocenters. The van der Waals surface area contributed by atoms with Crippen molar-refractivity contribution in [3.05, 3.63) is 58.6 Å². The fraction of sp³-hybridized carbons (Fsp3) is 0.440. The zero-order valence-corrected chi connectivity index (χ0v) is 19.6. The maximum Gasteiger partial charge on any atom is 0.227 e. The minimum atomic E-state index is 0.00169. The molecule has 2 N–H and O–H groups in total. The van der Waals surface area contributed by atoms with Crippen molar-refractivity contribution in [2.45, 2.75) is 63.8 Å². The molecule has 2 aromatic rings. The van der Waals surface area contributed by atoms with Crippen LogP contribution in [0, 0.1) is 6.92 Å². The number of rotatable bonds is 6. The molecule has 1 aliphatic carbocycles. The summed E-state index contributed by atoms with van der Waals surface area (Å²) in [6.07, 6.45) is 8.13. The van der Waals surface area contributed by atoms with Gasteiger partial charge < -0.3 is 15.5 Å². The molecule has 0 unspecified atom stereocenters. The predicted molar refractivity (Wildman–Crippen MR) is 133 cm³/mol. The lowest BCUT2D eigenvalue weighted by molar-refractivity contribution is -0.117. The Balaban J connectivity index is 1.43. The maximum atomic E-state index is 12.2. The van der Waals surface area contributed by atoms with Crippen LogP contribution in [0.5, 0.6) is 0 Å². The second kappa shape index (κ2) is 9.58. The van der Waals surface area contributed by atoms with Crippen molar-refractivity contribution in [1.82, 2.24) is 5.32 Å². The number of carbonyl (C=O) groups excluding carboxylic acids is 1. The van der Waals surface area contributed by atoms with Gasteiger partial charge in [0.05, 0.1) is 0 Å². The first kappa shape index (κ1) is 22.1. The third kappa shape index (κ3) is 5.21. The molecule has 1 heterocycles. The number of hydrogen-bond acceptors (Lipinski definition) is 2. The van der Waals surface area contributed by atoms with E-state index in [0.717, 1.165) is 60.6 Å².